The first-order chi connectivity index (χ1) is 11.3. The average molecular weight is 393 g/mol. The van der Waals surface area contributed by atoms with Crippen LogP contribution in [-0.2, 0) is 28.6 Å². The number of rotatable bonds is 7. The fourth-order valence-electron chi connectivity index (χ4n) is 2.03. The first kappa shape index (κ1) is 21.6. The molecule has 0 bridgehead atoms. The van der Waals surface area contributed by atoms with Crippen molar-refractivity contribution < 1.29 is 29.9 Å². The zero-order chi connectivity index (χ0) is 19.6. The molecule has 0 aliphatic heterocycles. The van der Waals surface area contributed by atoms with Crippen LogP contribution < -0.4 is 0 Å². The van der Waals surface area contributed by atoms with E-state index in [-0.39, 0.29) is 20.9 Å². The molecule has 0 N–H and O–H groups in total. The van der Waals surface area contributed by atoms with Gasteiger partial charge >= 0.3 is 0 Å². The third-order valence-corrected chi connectivity index (χ3v) is 6.96. The van der Waals surface area contributed by atoms with Gasteiger partial charge in [-0.15, -0.1) is 0 Å². The van der Waals surface area contributed by atoms with E-state index in [1.165, 1.54) is 19.1 Å². The number of benzene rings is 1. The molecule has 1 aromatic carbocycles. The summed E-state index contributed by atoms with van der Waals surface area (Å²) in [5.74, 6) is 0. The highest BCUT2D eigenvalue weighted by atomic mass is 32.2. The average Bonchev–Trinajstić information content (AvgIpc) is 2.54. The summed E-state index contributed by atoms with van der Waals surface area (Å²) in [5, 5.41) is 12.4. The van der Waals surface area contributed by atoms with Crippen LogP contribution >= 0.6 is 0 Å². The van der Waals surface area contributed by atoms with Crippen LogP contribution in [0.5, 0.6) is 0 Å². The van der Waals surface area contributed by atoms with Gasteiger partial charge < -0.3 is 5.21 Å². The quantitative estimate of drug-likeness (QED) is 0.228. The van der Waals surface area contributed by atoms with Crippen LogP contribution in [0.25, 0.3) is 0 Å². The van der Waals surface area contributed by atoms with Crippen molar-refractivity contribution in [1.29, 1.82) is 0 Å². The van der Waals surface area contributed by atoms with Gasteiger partial charge in [0, 0.05) is 20.3 Å². The van der Waals surface area contributed by atoms with E-state index in [0.717, 1.165) is 20.4 Å². The van der Waals surface area contributed by atoms with Crippen LogP contribution in [0.1, 0.15) is 38.3 Å². The molecule has 0 spiro atoms. The summed E-state index contributed by atoms with van der Waals surface area (Å²) in [7, 11) is -6.45. The van der Waals surface area contributed by atoms with Gasteiger partial charge in [0.25, 0.3) is 20.2 Å². The highest BCUT2D eigenvalue weighted by molar-refractivity contribution is 7.87. The Morgan fingerprint density at radius 3 is 2.08 bits per heavy atom. The monoisotopic (exact) mass is 393 g/mol. The zero-order valence-electron chi connectivity index (χ0n) is 15.1. The first-order valence-electron chi connectivity index (χ1n) is 7.40. The lowest BCUT2D eigenvalue weighted by molar-refractivity contribution is -0.536. The third-order valence-electron chi connectivity index (χ3n) is 4.06. The van der Waals surface area contributed by atoms with E-state index in [9.17, 15) is 22.0 Å². The van der Waals surface area contributed by atoms with E-state index in [2.05, 4.69) is 8.37 Å². The Kier molecular flexibility index (Phi) is 6.38. The minimum Gasteiger partial charge on any atom is -0.623 e. The van der Waals surface area contributed by atoms with Crippen LogP contribution in [0.2, 0.25) is 0 Å². The molecule has 0 aliphatic rings. The van der Waals surface area contributed by atoms with Crippen LogP contribution in [0.4, 0.5) is 0 Å². The lowest BCUT2D eigenvalue weighted by Gasteiger charge is -2.22. The molecule has 10 heteroatoms. The molecule has 0 saturated heterocycles. The second-order valence-corrected chi connectivity index (χ2v) is 9.30. The van der Waals surface area contributed by atoms with Crippen LogP contribution in [-0.4, -0.2) is 47.5 Å². The van der Waals surface area contributed by atoms with Crippen molar-refractivity contribution in [1.82, 2.24) is 0 Å². The molecule has 0 saturated carbocycles. The molecule has 142 valence electrons. The molecule has 0 radical (unpaired) electrons. The van der Waals surface area contributed by atoms with E-state index in [4.69, 9.17) is 0 Å². The van der Waals surface area contributed by atoms with E-state index in [1.54, 1.807) is 13.8 Å². The van der Waals surface area contributed by atoms with E-state index >= 15 is 0 Å². The topological polar surface area (TPSA) is 113 Å². The zero-order valence-corrected chi connectivity index (χ0v) is 16.7. The molecule has 0 unspecified atom stereocenters. The lowest BCUT2D eigenvalue weighted by atomic mass is 10.0. The molecule has 0 fully saturated rings. The van der Waals surface area contributed by atoms with Crippen LogP contribution in [0, 0.1) is 12.1 Å². The Bertz CT molecular complexity index is 885. The Morgan fingerprint density at radius 2 is 1.64 bits per heavy atom. The van der Waals surface area contributed by atoms with E-state index < -0.39 is 25.8 Å². The largest absolute Gasteiger partial charge is 0.623 e. The maximum absolute atomic E-state index is 12.4. The van der Waals surface area contributed by atoms with Gasteiger partial charge in [0.1, 0.15) is 4.90 Å². The summed E-state index contributed by atoms with van der Waals surface area (Å²) < 4.78 is 58.2. The molecular formula is C15H23NO7S2. The maximum Gasteiger partial charge on any atom is 0.297 e. The summed E-state index contributed by atoms with van der Waals surface area (Å²) in [4.78, 5) is -0.698. The van der Waals surface area contributed by atoms with Gasteiger partial charge in [-0.05, 0) is 24.6 Å². The number of hydroxylamine groups is 1. The van der Waals surface area contributed by atoms with Crippen molar-refractivity contribution in [2.45, 2.75) is 49.4 Å². The molecule has 0 aromatic heterocycles. The second-order valence-electron chi connectivity index (χ2n) is 5.97. The second kappa shape index (κ2) is 7.40. The minimum absolute atomic E-state index is 0.0333. The summed E-state index contributed by atoms with van der Waals surface area (Å²) >= 11 is 0. The third kappa shape index (κ3) is 4.38. The molecule has 0 atom stereocenters. The smallest absolute Gasteiger partial charge is 0.297 e. The number of hydrogen-bond acceptors (Lipinski definition) is 7. The molecule has 0 heterocycles. The fraction of sp³-hybridized carbons (Fsp3) is 0.533. The van der Waals surface area contributed by atoms with Crippen LogP contribution in [0.15, 0.2) is 21.9 Å². The Morgan fingerprint density at radius 1 is 1.12 bits per heavy atom. The summed E-state index contributed by atoms with van der Waals surface area (Å²) in [6.45, 7) is 6.55. The highest BCUT2D eigenvalue weighted by Gasteiger charge is 2.30. The Labute approximate surface area is 148 Å². The maximum atomic E-state index is 12.4. The van der Waals surface area contributed by atoms with Crippen molar-refractivity contribution in [2.24, 2.45) is 0 Å². The molecule has 0 aliphatic carbocycles. The first-order valence-corrected chi connectivity index (χ1v) is 10.2. The van der Waals surface area contributed by atoms with Gasteiger partial charge in [0.2, 0.25) is 0 Å². The van der Waals surface area contributed by atoms with Crippen molar-refractivity contribution >= 4 is 26.5 Å². The molecule has 1 aromatic rings. The van der Waals surface area contributed by atoms with Crippen molar-refractivity contribution in [3.63, 3.8) is 0 Å². The highest BCUT2D eigenvalue weighted by Crippen LogP contribution is 2.28. The normalized spacial score (nSPS) is 13.9. The van der Waals surface area contributed by atoms with Gasteiger partial charge in [-0.1, -0.05) is 6.92 Å². The predicted molar refractivity (Wildman–Crippen MR) is 92.7 cm³/mol. The van der Waals surface area contributed by atoms with Crippen LogP contribution in [0.3, 0.4) is 0 Å². The van der Waals surface area contributed by atoms with E-state index in [1.807, 2.05) is 6.92 Å². The molecule has 25 heavy (non-hydrogen) atoms. The van der Waals surface area contributed by atoms with Gasteiger partial charge in [-0.25, -0.2) is 4.74 Å². The Balaban J connectivity index is 3.85. The predicted octanol–water partition coefficient (Wildman–Crippen LogP) is 1.78. The molecule has 1 rings (SSSR count). The molecular weight excluding hydrogens is 370 g/mol. The van der Waals surface area contributed by atoms with Crippen molar-refractivity contribution in [3.8, 4) is 0 Å². The Hall–Kier alpha value is -1.49. The summed E-state index contributed by atoms with van der Waals surface area (Å²) in [6.07, 6.45) is 1.64. The van der Waals surface area contributed by atoms with Gasteiger partial charge in [-0.3, -0.25) is 8.37 Å². The number of nitrogens with zero attached hydrogens (tertiary/aromatic N) is 1. The van der Waals surface area contributed by atoms with Gasteiger partial charge in [-0.2, -0.15) is 16.8 Å². The fourth-order valence-corrected chi connectivity index (χ4v) is 4.05. The SMILES string of the molecule is CCC(C)(C)/[N+]([O-])=C/c1ccc(S(=O)(=O)OC)c(C)c1S(=O)(=O)OC. The van der Waals surface area contributed by atoms with Gasteiger partial charge in [0.15, 0.2) is 11.8 Å². The molecule has 8 nitrogen and oxygen atoms in total. The van der Waals surface area contributed by atoms with Crippen molar-refractivity contribution in [2.75, 3.05) is 14.2 Å². The van der Waals surface area contributed by atoms with E-state index in [0.29, 0.717) is 11.2 Å². The van der Waals surface area contributed by atoms with Crippen molar-refractivity contribution in [3.05, 3.63) is 28.5 Å². The summed E-state index contributed by atoms with van der Waals surface area (Å²) in [6, 6.07) is 2.43. The standard InChI is InChI=1S/C15H23NO7S2/c1-7-15(3,4)16(17)10-12-8-9-13(24(18,19)22-5)11(2)14(12)25(20,21)23-6/h8-10H,7H2,1-6H3/b16-10-. The lowest BCUT2D eigenvalue weighted by Crippen LogP contribution is -2.32. The molecule has 0 amide bonds. The number of hydrogen-bond donors (Lipinski definition) is 0. The van der Waals surface area contributed by atoms with Gasteiger partial charge in [0.05, 0.1) is 24.7 Å². The summed E-state index contributed by atoms with van der Waals surface area (Å²) in [5.41, 5.74) is -0.815. The minimum atomic E-state index is -4.27.